The molecule has 0 N–H and O–H groups in total. The highest BCUT2D eigenvalue weighted by molar-refractivity contribution is 7.97. The number of hydrogen-bond donors (Lipinski definition) is 0. The van der Waals surface area contributed by atoms with Crippen LogP contribution >= 0.6 is 11.8 Å². The van der Waals surface area contributed by atoms with Crippen molar-refractivity contribution in [2.24, 2.45) is 0 Å². The molecular weight excluding hydrogens is 122 g/mol. The van der Waals surface area contributed by atoms with Crippen LogP contribution in [0.2, 0.25) is 0 Å². The summed E-state index contributed by atoms with van der Waals surface area (Å²) < 4.78 is 4.55. The second kappa shape index (κ2) is 2.77. The van der Waals surface area contributed by atoms with Crippen molar-refractivity contribution in [1.82, 2.24) is 5.16 Å². The van der Waals surface area contributed by atoms with Gasteiger partial charge in [0.25, 0.3) is 0 Å². The van der Waals surface area contributed by atoms with Gasteiger partial charge in [0.1, 0.15) is 12.5 Å². The lowest BCUT2D eigenvalue weighted by Gasteiger charge is -1.82. The fourth-order valence-electron chi connectivity index (χ4n) is 0.423. The minimum atomic E-state index is 0.934. The summed E-state index contributed by atoms with van der Waals surface area (Å²) in [5, 5.41) is 3.43. The van der Waals surface area contributed by atoms with E-state index in [1.54, 1.807) is 18.0 Å². The zero-order valence-electron chi connectivity index (χ0n) is 4.55. The minimum absolute atomic E-state index is 0.934. The lowest BCUT2D eigenvalue weighted by Crippen LogP contribution is -1.70. The summed E-state index contributed by atoms with van der Waals surface area (Å²) >= 11 is 1.73. The van der Waals surface area contributed by atoms with E-state index in [4.69, 9.17) is 0 Å². The number of aromatic nitrogens is 1. The Bertz CT molecular complexity index is 138. The summed E-state index contributed by atoms with van der Waals surface area (Å²) in [4.78, 5) is 0. The minimum Gasteiger partial charge on any atom is -0.364 e. The molecule has 8 heavy (non-hydrogen) atoms. The predicted octanol–water partition coefficient (Wildman–Crippen LogP) is 1.34. The third-order valence-electron chi connectivity index (χ3n) is 0.737. The van der Waals surface area contributed by atoms with E-state index >= 15 is 0 Å². The fourth-order valence-corrected chi connectivity index (χ4v) is 0.867. The molecule has 1 radical (unpaired) electrons. The van der Waals surface area contributed by atoms with Crippen LogP contribution in [0.4, 0.5) is 0 Å². The first-order valence-corrected chi connectivity index (χ1v) is 3.62. The Labute approximate surface area is 52.2 Å². The van der Waals surface area contributed by atoms with Gasteiger partial charge in [-0.25, -0.2) is 0 Å². The molecule has 0 unspecified atom stereocenters. The molecule has 1 aromatic rings. The molecule has 2 nitrogen and oxygen atoms in total. The van der Waals surface area contributed by atoms with Crippen molar-refractivity contribution in [3.63, 3.8) is 0 Å². The van der Waals surface area contributed by atoms with Crippen molar-refractivity contribution in [3.05, 3.63) is 18.0 Å². The van der Waals surface area contributed by atoms with Gasteiger partial charge in [-0.05, 0) is 6.26 Å². The zero-order chi connectivity index (χ0) is 5.82. The van der Waals surface area contributed by atoms with Gasteiger partial charge in [0.15, 0.2) is 0 Å². The molecule has 0 aliphatic carbocycles. The molecule has 0 aliphatic rings. The van der Waals surface area contributed by atoms with Gasteiger partial charge in [0.2, 0.25) is 0 Å². The predicted molar refractivity (Wildman–Crippen MR) is 32.6 cm³/mol. The van der Waals surface area contributed by atoms with Crippen molar-refractivity contribution in [2.45, 2.75) is 5.75 Å². The van der Waals surface area contributed by atoms with Crippen molar-refractivity contribution in [1.29, 1.82) is 0 Å². The summed E-state index contributed by atoms with van der Waals surface area (Å²) in [6, 6.07) is 0. The highest BCUT2D eigenvalue weighted by atomic mass is 32.2. The molecule has 0 spiro atoms. The van der Waals surface area contributed by atoms with Gasteiger partial charge in [-0.3, -0.25) is 0 Å². The van der Waals surface area contributed by atoms with Crippen LogP contribution in [0, 0.1) is 6.20 Å². The molecule has 0 aliphatic heterocycles. The first-order chi connectivity index (χ1) is 3.93. The molecule has 0 bridgehead atoms. The van der Waals surface area contributed by atoms with Crippen molar-refractivity contribution in [2.75, 3.05) is 6.26 Å². The van der Waals surface area contributed by atoms with Gasteiger partial charge < -0.3 is 4.52 Å². The highest BCUT2D eigenvalue weighted by Gasteiger charge is 1.91. The summed E-state index contributed by atoms with van der Waals surface area (Å²) in [6.45, 7) is 0. The first kappa shape index (κ1) is 5.69. The van der Waals surface area contributed by atoms with Crippen molar-refractivity contribution >= 4 is 11.8 Å². The maximum atomic E-state index is 4.55. The molecule has 0 amide bonds. The van der Waals surface area contributed by atoms with E-state index in [1.165, 1.54) is 0 Å². The molecule has 1 aromatic heterocycles. The first-order valence-electron chi connectivity index (χ1n) is 2.23. The van der Waals surface area contributed by atoms with E-state index in [2.05, 4.69) is 15.9 Å². The largest absolute Gasteiger partial charge is 0.364 e. The van der Waals surface area contributed by atoms with Crippen LogP contribution in [0.15, 0.2) is 10.8 Å². The SMILES string of the molecule is CSCc1[c]noc1. The Balaban J connectivity index is 2.50. The van der Waals surface area contributed by atoms with Crippen LogP contribution in [0.25, 0.3) is 0 Å². The monoisotopic (exact) mass is 128 g/mol. The van der Waals surface area contributed by atoms with Gasteiger partial charge in [-0.2, -0.15) is 11.8 Å². The quantitative estimate of drug-likeness (QED) is 0.601. The van der Waals surface area contributed by atoms with Gasteiger partial charge in [-0.1, -0.05) is 5.16 Å². The van der Waals surface area contributed by atoms with E-state index in [1.807, 2.05) is 6.26 Å². The van der Waals surface area contributed by atoms with Crippen LogP contribution < -0.4 is 0 Å². The number of nitrogens with zero attached hydrogens (tertiary/aromatic N) is 1. The third-order valence-corrected chi connectivity index (χ3v) is 1.34. The lowest BCUT2D eigenvalue weighted by molar-refractivity contribution is 0.418. The zero-order valence-corrected chi connectivity index (χ0v) is 5.36. The topological polar surface area (TPSA) is 26.0 Å². The molecule has 0 saturated heterocycles. The van der Waals surface area contributed by atoms with Gasteiger partial charge in [0.05, 0.1) is 0 Å². The maximum absolute atomic E-state index is 4.55. The fraction of sp³-hybridized carbons (Fsp3) is 0.400. The number of hydrogen-bond acceptors (Lipinski definition) is 3. The Hall–Kier alpha value is -0.440. The summed E-state index contributed by atoms with van der Waals surface area (Å²) in [5.74, 6) is 0.934. The molecule has 0 atom stereocenters. The van der Waals surface area contributed by atoms with Crippen LogP contribution in [0.3, 0.4) is 0 Å². The van der Waals surface area contributed by atoms with E-state index in [9.17, 15) is 0 Å². The second-order valence-corrected chi connectivity index (χ2v) is 2.25. The van der Waals surface area contributed by atoms with Gasteiger partial charge in [0, 0.05) is 11.3 Å². The van der Waals surface area contributed by atoms with Gasteiger partial charge >= 0.3 is 0 Å². The smallest absolute Gasteiger partial charge is 0.140 e. The summed E-state index contributed by atoms with van der Waals surface area (Å²) in [7, 11) is 0. The molecule has 0 fully saturated rings. The Morgan fingerprint density at radius 3 is 3.38 bits per heavy atom. The normalized spacial score (nSPS) is 9.62. The lowest BCUT2D eigenvalue weighted by atomic mass is 10.4. The van der Waals surface area contributed by atoms with E-state index in [0.29, 0.717) is 0 Å². The average molecular weight is 128 g/mol. The van der Waals surface area contributed by atoms with Gasteiger partial charge in [-0.15, -0.1) is 0 Å². The molecule has 3 heteroatoms. The van der Waals surface area contributed by atoms with Crippen LogP contribution in [0.5, 0.6) is 0 Å². The maximum Gasteiger partial charge on any atom is 0.140 e. The molecular formula is C5H6NOS. The van der Waals surface area contributed by atoms with E-state index in [-0.39, 0.29) is 0 Å². The van der Waals surface area contributed by atoms with E-state index < -0.39 is 0 Å². The summed E-state index contributed by atoms with van der Waals surface area (Å²) in [6.07, 6.45) is 6.34. The molecule has 1 heterocycles. The van der Waals surface area contributed by atoms with Crippen LogP contribution in [0.1, 0.15) is 5.56 Å². The molecule has 0 aromatic carbocycles. The van der Waals surface area contributed by atoms with Crippen LogP contribution in [-0.2, 0) is 5.75 Å². The summed E-state index contributed by atoms with van der Waals surface area (Å²) in [5.41, 5.74) is 1.03. The number of thioether (sulfide) groups is 1. The highest BCUT2D eigenvalue weighted by Crippen LogP contribution is 2.05. The Morgan fingerprint density at radius 1 is 2.00 bits per heavy atom. The Morgan fingerprint density at radius 2 is 2.88 bits per heavy atom. The standard InChI is InChI=1S/C5H6NOS/c1-8-4-5-2-6-7-3-5/h3H,4H2,1H3. The Kier molecular flexibility index (Phi) is 1.97. The number of rotatable bonds is 2. The van der Waals surface area contributed by atoms with Crippen LogP contribution in [-0.4, -0.2) is 11.4 Å². The second-order valence-electron chi connectivity index (χ2n) is 1.38. The van der Waals surface area contributed by atoms with E-state index in [0.717, 1.165) is 11.3 Å². The average Bonchev–Trinajstić information content (AvgIpc) is 2.19. The third kappa shape index (κ3) is 1.26. The van der Waals surface area contributed by atoms with Crippen molar-refractivity contribution < 1.29 is 4.52 Å². The molecule has 0 saturated carbocycles. The molecule has 1 rings (SSSR count). The molecule has 43 valence electrons. The van der Waals surface area contributed by atoms with Crippen molar-refractivity contribution in [3.8, 4) is 0 Å².